The summed E-state index contributed by atoms with van der Waals surface area (Å²) >= 11 is 5.26. The summed E-state index contributed by atoms with van der Waals surface area (Å²) in [6, 6.07) is 0. The zero-order chi connectivity index (χ0) is 8.48. The molecular formula is C9H15ClO. The molecule has 0 fully saturated rings. The van der Waals surface area contributed by atoms with E-state index in [1.807, 2.05) is 0 Å². The normalized spacial score (nSPS) is 37.5. The van der Waals surface area contributed by atoms with E-state index in [1.54, 1.807) is 0 Å². The van der Waals surface area contributed by atoms with Crippen LogP contribution in [0.15, 0.2) is 11.6 Å². The van der Waals surface area contributed by atoms with E-state index in [-0.39, 0.29) is 5.41 Å². The molecule has 11 heavy (non-hydrogen) atoms. The summed E-state index contributed by atoms with van der Waals surface area (Å²) in [5.74, 6) is 0.598. The van der Waals surface area contributed by atoms with E-state index in [1.165, 1.54) is 5.57 Å². The van der Waals surface area contributed by atoms with Crippen molar-refractivity contribution in [1.29, 1.82) is 0 Å². The van der Waals surface area contributed by atoms with Crippen molar-refractivity contribution in [3.63, 3.8) is 0 Å². The Morgan fingerprint density at radius 3 is 2.82 bits per heavy atom. The minimum atomic E-state index is 0.228. The summed E-state index contributed by atoms with van der Waals surface area (Å²) in [4.78, 5) is 0. The number of hydrogen-bond acceptors (Lipinski definition) is 1. The summed E-state index contributed by atoms with van der Waals surface area (Å²) in [5, 5.41) is 0. The summed E-state index contributed by atoms with van der Waals surface area (Å²) in [5.41, 5.74) is 1.69. The molecule has 1 rings (SSSR count). The van der Waals surface area contributed by atoms with Gasteiger partial charge in [-0.3, -0.25) is 4.29 Å². The largest absolute Gasteiger partial charge is 0.279 e. The Morgan fingerprint density at radius 2 is 2.45 bits per heavy atom. The number of allylic oxidation sites excluding steroid dienone is 2. The van der Waals surface area contributed by atoms with Crippen molar-refractivity contribution in [2.45, 2.75) is 27.2 Å². The maximum absolute atomic E-state index is 5.26. The molecule has 2 heteroatoms. The molecule has 1 aliphatic carbocycles. The summed E-state index contributed by atoms with van der Waals surface area (Å²) in [6.07, 6.45) is 3.37. The van der Waals surface area contributed by atoms with Crippen LogP contribution in [-0.4, -0.2) is 6.61 Å². The van der Waals surface area contributed by atoms with E-state index in [9.17, 15) is 0 Å². The van der Waals surface area contributed by atoms with Gasteiger partial charge in [-0.15, -0.1) is 0 Å². The van der Waals surface area contributed by atoms with Crippen molar-refractivity contribution < 1.29 is 4.29 Å². The van der Waals surface area contributed by atoms with Crippen LogP contribution in [-0.2, 0) is 4.29 Å². The van der Waals surface area contributed by atoms with Gasteiger partial charge < -0.3 is 0 Å². The summed E-state index contributed by atoms with van der Waals surface area (Å²) in [7, 11) is 0. The predicted molar refractivity (Wildman–Crippen MR) is 47.5 cm³/mol. The molecule has 0 heterocycles. The molecule has 0 spiro atoms. The Labute approximate surface area is 73.6 Å². The van der Waals surface area contributed by atoms with E-state index in [2.05, 4.69) is 31.1 Å². The first-order chi connectivity index (χ1) is 5.10. The van der Waals surface area contributed by atoms with E-state index < -0.39 is 0 Å². The zero-order valence-corrected chi connectivity index (χ0v) is 8.11. The van der Waals surface area contributed by atoms with Gasteiger partial charge in [0.1, 0.15) is 0 Å². The molecule has 0 radical (unpaired) electrons. The van der Waals surface area contributed by atoms with Gasteiger partial charge in [-0.1, -0.05) is 25.5 Å². The average Bonchev–Trinajstić information content (AvgIpc) is 2.19. The van der Waals surface area contributed by atoms with Gasteiger partial charge in [0.15, 0.2) is 0 Å². The first-order valence-electron chi connectivity index (χ1n) is 4.00. The topological polar surface area (TPSA) is 9.23 Å². The highest BCUT2D eigenvalue weighted by Gasteiger charge is 2.35. The second-order valence-corrected chi connectivity index (χ2v) is 4.00. The molecule has 1 nitrogen and oxygen atoms in total. The standard InChI is InChI=1S/C9H15ClO/c1-7-4-5-9(3,6-11-10)8(7)2/h4,8H,5-6H2,1-3H3. The molecule has 2 atom stereocenters. The lowest BCUT2D eigenvalue weighted by Gasteiger charge is -2.28. The maximum Gasteiger partial charge on any atom is 0.0744 e. The Kier molecular flexibility index (Phi) is 2.61. The van der Waals surface area contributed by atoms with Crippen LogP contribution in [0.25, 0.3) is 0 Å². The van der Waals surface area contributed by atoms with Crippen LogP contribution in [0.5, 0.6) is 0 Å². The van der Waals surface area contributed by atoms with Crippen LogP contribution in [0.2, 0.25) is 0 Å². The molecule has 0 aromatic rings. The van der Waals surface area contributed by atoms with Gasteiger partial charge >= 0.3 is 0 Å². The highest BCUT2D eigenvalue weighted by Crippen LogP contribution is 2.42. The van der Waals surface area contributed by atoms with E-state index in [0.717, 1.165) is 6.42 Å². The van der Waals surface area contributed by atoms with Crippen LogP contribution in [0, 0.1) is 11.3 Å². The molecule has 0 aromatic carbocycles. The van der Waals surface area contributed by atoms with Gasteiger partial charge in [0, 0.05) is 5.41 Å². The lowest BCUT2D eigenvalue weighted by atomic mass is 9.79. The maximum atomic E-state index is 5.26. The quantitative estimate of drug-likeness (QED) is 0.585. The van der Waals surface area contributed by atoms with Gasteiger partial charge in [0.2, 0.25) is 0 Å². The Bertz CT molecular complexity index is 176. The monoisotopic (exact) mass is 174 g/mol. The SMILES string of the molecule is CC1=CCC(C)(COCl)C1C. The number of hydrogen-bond donors (Lipinski definition) is 0. The van der Waals surface area contributed by atoms with Crippen molar-refractivity contribution in [2.24, 2.45) is 11.3 Å². The molecule has 1 aliphatic rings. The van der Waals surface area contributed by atoms with Crippen LogP contribution >= 0.6 is 11.9 Å². The fourth-order valence-corrected chi connectivity index (χ4v) is 1.86. The van der Waals surface area contributed by atoms with Crippen LogP contribution in [0.4, 0.5) is 0 Å². The lowest BCUT2D eigenvalue weighted by Crippen LogP contribution is -2.25. The van der Waals surface area contributed by atoms with Gasteiger partial charge in [0.05, 0.1) is 18.5 Å². The highest BCUT2D eigenvalue weighted by molar-refractivity contribution is 6.07. The molecule has 0 aromatic heterocycles. The fraction of sp³-hybridized carbons (Fsp3) is 0.778. The molecule has 0 saturated heterocycles. The molecule has 64 valence electrons. The molecule has 0 N–H and O–H groups in total. The molecular weight excluding hydrogens is 160 g/mol. The van der Waals surface area contributed by atoms with E-state index in [4.69, 9.17) is 11.9 Å². The van der Waals surface area contributed by atoms with Crippen LogP contribution in [0.3, 0.4) is 0 Å². The summed E-state index contributed by atoms with van der Waals surface area (Å²) < 4.78 is 4.69. The Balaban J connectivity index is 2.63. The van der Waals surface area contributed by atoms with Gasteiger partial charge in [-0.2, -0.15) is 0 Å². The van der Waals surface area contributed by atoms with Crippen molar-refractivity contribution >= 4 is 11.9 Å². The van der Waals surface area contributed by atoms with Crippen molar-refractivity contribution in [3.05, 3.63) is 11.6 Å². The van der Waals surface area contributed by atoms with Crippen LogP contribution in [0.1, 0.15) is 27.2 Å². The smallest absolute Gasteiger partial charge is 0.0744 e. The zero-order valence-electron chi connectivity index (χ0n) is 7.36. The van der Waals surface area contributed by atoms with Crippen LogP contribution < -0.4 is 0 Å². The van der Waals surface area contributed by atoms with E-state index in [0.29, 0.717) is 12.5 Å². The first kappa shape index (κ1) is 9.08. The van der Waals surface area contributed by atoms with Crippen molar-refractivity contribution in [2.75, 3.05) is 6.61 Å². The molecule has 0 saturated carbocycles. The molecule has 0 amide bonds. The third-order valence-electron chi connectivity index (χ3n) is 3.00. The lowest BCUT2D eigenvalue weighted by molar-refractivity contribution is 0.143. The van der Waals surface area contributed by atoms with Crippen molar-refractivity contribution in [3.8, 4) is 0 Å². The predicted octanol–water partition coefficient (Wildman–Crippen LogP) is 3.15. The Morgan fingerprint density at radius 1 is 1.82 bits per heavy atom. The minimum Gasteiger partial charge on any atom is -0.279 e. The number of halogens is 1. The molecule has 0 aliphatic heterocycles. The molecule has 2 unspecified atom stereocenters. The average molecular weight is 175 g/mol. The Hall–Kier alpha value is -0.0100. The highest BCUT2D eigenvalue weighted by atomic mass is 35.5. The molecule has 0 bridgehead atoms. The fourth-order valence-electron chi connectivity index (χ4n) is 1.61. The van der Waals surface area contributed by atoms with Gasteiger partial charge in [-0.25, -0.2) is 0 Å². The van der Waals surface area contributed by atoms with Gasteiger partial charge in [-0.05, 0) is 19.3 Å². The third-order valence-corrected chi connectivity index (χ3v) is 3.11. The van der Waals surface area contributed by atoms with E-state index >= 15 is 0 Å². The second-order valence-electron chi connectivity index (χ2n) is 3.78. The van der Waals surface area contributed by atoms with Crippen molar-refractivity contribution in [1.82, 2.24) is 0 Å². The first-order valence-corrected chi connectivity index (χ1v) is 4.31. The number of rotatable bonds is 2. The second kappa shape index (κ2) is 3.16. The minimum absolute atomic E-state index is 0.228. The third kappa shape index (κ3) is 1.60. The summed E-state index contributed by atoms with van der Waals surface area (Å²) in [6.45, 7) is 7.26. The van der Waals surface area contributed by atoms with Gasteiger partial charge in [0.25, 0.3) is 0 Å².